The number of hydrogen-bond donors (Lipinski definition) is 2. The Hall–Kier alpha value is -1.10. The monoisotopic (exact) mass is 242 g/mol. The van der Waals surface area contributed by atoms with Crippen LogP contribution < -0.4 is 5.32 Å². The van der Waals surface area contributed by atoms with Gasteiger partial charge in [0.25, 0.3) is 0 Å². The first kappa shape index (κ1) is 14.0. The summed E-state index contributed by atoms with van der Waals surface area (Å²) in [7, 11) is 1.84. The number of amides is 1. The third-order valence-corrected chi connectivity index (χ3v) is 3.32. The summed E-state index contributed by atoms with van der Waals surface area (Å²) < 4.78 is 0. The van der Waals surface area contributed by atoms with Gasteiger partial charge in [0.1, 0.15) is 0 Å². The van der Waals surface area contributed by atoms with E-state index < -0.39 is 5.97 Å². The van der Waals surface area contributed by atoms with Crippen molar-refractivity contribution >= 4 is 11.9 Å². The number of carbonyl (C=O) groups is 2. The molecule has 5 heteroatoms. The molecule has 1 heterocycles. The molecule has 1 rings (SSSR count). The second-order valence-corrected chi connectivity index (χ2v) is 4.83. The van der Waals surface area contributed by atoms with Crippen LogP contribution in [-0.4, -0.2) is 48.6 Å². The molecule has 1 aliphatic rings. The summed E-state index contributed by atoms with van der Waals surface area (Å²) in [4.78, 5) is 24.4. The lowest BCUT2D eigenvalue weighted by Gasteiger charge is -2.33. The quantitative estimate of drug-likeness (QED) is 0.739. The normalized spacial score (nSPS) is 19.1. The van der Waals surface area contributed by atoms with Crippen LogP contribution in [0.2, 0.25) is 0 Å². The molecule has 0 aromatic carbocycles. The Labute approximate surface area is 102 Å². The predicted molar refractivity (Wildman–Crippen MR) is 64.6 cm³/mol. The predicted octanol–water partition coefficient (Wildman–Crippen LogP) is 0.555. The van der Waals surface area contributed by atoms with Crippen LogP contribution in [0.25, 0.3) is 0 Å². The molecule has 0 aromatic rings. The van der Waals surface area contributed by atoms with Gasteiger partial charge < -0.3 is 15.3 Å². The highest BCUT2D eigenvalue weighted by atomic mass is 16.4. The molecule has 1 amide bonds. The maximum atomic E-state index is 12.0. The zero-order valence-corrected chi connectivity index (χ0v) is 10.6. The smallest absolute Gasteiger partial charge is 0.303 e. The van der Waals surface area contributed by atoms with E-state index in [9.17, 15) is 9.59 Å². The van der Waals surface area contributed by atoms with Gasteiger partial charge in [-0.1, -0.05) is 6.92 Å². The fourth-order valence-electron chi connectivity index (χ4n) is 2.31. The molecule has 5 nitrogen and oxygen atoms in total. The molecule has 0 aliphatic carbocycles. The van der Waals surface area contributed by atoms with Crippen LogP contribution in [-0.2, 0) is 9.59 Å². The minimum Gasteiger partial charge on any atom is -0.481 e. The van der Waals surface area contributed by atoms with Crippen LogP contribution in [0.4, 0.5) is 0 Å². The molecule has 17 heavy (non-hydrogen) atoms. The number of nitrogens with one attached hydrogen (secondary N) is 1. The van der Waals surface area contributed by atoms with Crippen molar-refractivity contribution in [2.24, 2.45) is 11.8 Å². The molecule has 2 N–H and O–H groups in total. The van der Waals surface area contributed by atoms with Gasteiger partial charge in [0.15, 0.2) is 0 Å². The Morgan fingerprint density at radius 2 is 2.00 bits per heavy atom. The maximum absolute atomic E-state index is 12.0. The van der Waals surface area contributed by atoms with Gasteiger partial charge in [-0.3, -0.25) is 9.59 Å². The van der Waals surface area contributed by atoms with Gasteiger partial charge in [-0.05, 0) is 25.8 Å². The lowest BCUT2D eigenvalue weighted by atomic mass is 9.93. The molecule has 1 unspecified atom stereocenters. The molecule has 0 radical (unpaired) electrons. The fourth-order valence-corrected chi connectivity index (χ4v) is 2.31. The molecule has 0 aromatic heterocycles. The molecule has 98 valence electrons. The van der Waals surface area contributed by atoms with Gasteiger partial charge in [-0.15, -0.1) is 0 Å². The van der Waals surface area contributed by atoms with E-state index in [-0.39, 0.29) is 24.2 Å². The third-order valence-electron chi connectivity index (χ3n) is 3.32. The van der Waals surface area contributed by atoms with Crippen LogP contribution in [0, 0.1) is 11.8 Å². The van der Waals surface area contributed by atoms with Crippen molar-refractivity contribution < 1.29 is 14.7 Å². The Bertz CT molecular complexity index is 273. The number of nitrogens with zero attached hydrogens (tertiary/aromatic N) is 1. The van der Waals surface area contributed by atoms with E-state index in [1.54, 1.807) is 0 Å². The van der Waals surface area contributed by atoms with E-state index in [4.69, 9.17) is 5.11 Å². The number of carboxylic acids is 1. The molecule has 0 saturated carbocycles. The zero-order valence-electron chi connectivity index (χ0n) is 10.6. The number of aliphatic carboxylic acids is 1. The minimum absolute atomic E-state index is 0.00368. The van der Waals surface area contributed by atoms with E-state index in [2.05, 4.69) is 5.32 Å². The number of carbonyl (C=O) groups excluding carboxylic acids is 1. The standard InChI is InChI=1S/C12H22N2O3/c1-9(8-13-2)12(17)14-5-3-10(4-6-14)7-11(15)16/h9-10,13H,3-8H2,1-2H3,(H,15,16). The molecule has 0 spiro atoms. The number of hydrogen-bond acceptors (Lipinski definition) is 3. The Morgan fingerprint density at radius 3 is 2.47 bits per heavy atom. The average Bonchev–Trinajstić information content (AvgIpc) is 2.28. The second kappa shape index (κ2) is 6.59. The van der Waals surface area contributed by atoms with Gasteiger partial charge in [0, 0.05) is 32.0 Å². The lowest BCUT2D eigenvalue weighted by molar-refractivity contribution is -0.139. The van der Waals surface area contributed by atoms with Crippen molar-refractivity contribution in [1.82, 2.24) is 10.2 Å². The number of carboxylic acid groups (broad SMARTS) is 1. The molecule has 1 aliphatic heterocycles. The van der Waals surface area contributed by atoms with Crippen LogP contribution in [0.15, 0.2) is 0 Å². The van der Waals surface area contributed by atoms with Gasteiger partial charge in [-0.2, -0.15) is 0 Å². The molecule has 1 atom stereocenters. The van der Waals surface area contributed by atoms with Crippen molar-refractivity contribution in [3.63, 3.8) is 0 Å². The van der Waals surface area contributed by atoms with Gasteiger partial charge in [-0.25, -0.2) is 0 Å². The molecule has 1 fully saturated rings. The highest BCUT2D eigenvalue weighted by molar-refractivity contribution is 5.78. The lowest BCUT2D eigenvalue weighted by Crippen LogP contribution is -2.43. The van der Waals surface area contributed by atoms with E-state index in [1.807, 2.05) is 18.9 Å². The van der Waals surface area contributed by atoms with Crippen LogP contribution in [0.1, 0.15) is 26.2 Å². The summed E-state index contributed by atoms with van der Waals surface area (Å²) in [5.41, 5.74) is 0. The Morgan fingerprint density at radius 1 is 1.41 bits per heavy atom. The largest absolute Gasteiger partial charge is 0.481 e. The fraction of sp³-hybridized carbons (Fsp3) is 0.833. The summed E-state index contributed by atoms with van der Waals surface area (Å²) in [5.74, 6) is -0.335. The SMILES string of the molecule is CNCC(C)C(=O)N1CCC(CC(=O)O)CC1. The Kier molecular flexibility index (Phi) is 5.41. The van der Waals surface area contributed by atoms with E-state index in [0.29, 0.717) is 19.6 Å². The van der Waals surface area contributed by atoms with Crippen molar-refractivity contribution in [1.29, 1.82) is 0 Å². The van der Waals surface area contributed by atoms with E-state index in [1.165, 1.54) is 0 Å². The van der Waals surface area contributed by atoms with E-state index >= 15 is 0 Å². The average molecular weight is 242 g/mol. The van der Waals surface area contributed by atoms with Gasteiger partial charge >= 0.3 is 5.97 Å². The maximum Gasteiger partial charge on any atom is 0.303 e. The topological polar surface area (TPSA) is 69.6 Å². The molecule has 0 bridgehead atoms. The summed E-state index contributed by atoms with van der Waals surface area (Å²) in [6.07, 6.45) is 1.85. The number of likely N-dealkylation sites (tertiary alicyclic amines) is 1. The summed E-state index contributed by atoms with van der Waals surface area (Å²) >= 11 is 0. The number of rotatable bonds is 5. The minimum atomic E-state index is -0.738. The first-order valence-corrected chi connectivity index (χ1v) is 6.19. The summed E-state index contributed by atoms with van der Waals surface area (Å²) in [5, 5.41) is 11.7. The van der Waals surface area contributed by atoms with Crippen molar-refractivity contribution in [3.8, 4) is 0 Å². The van der Waals surface area contributed by atoms with Crippen LogP contribution in [0.3, 0.4) is 0 Å². The highest BCUT2D eigenvalue weighted by Crippen LogP contribution is 2.21. The zero-order chi connectivity index (χ0) is 12.8. The second-order valence-electron chi connectivity index (χ2n) is 4.83. The van der Waals surface area contributed by atoms with Crippen molar-refractivity contribution in [2.75, 3.05) is 26.7 Å². The third kappa shape index (κ3) is 4.34. The Balaban J connectivity index is 2.35. The van der Waals surface area contributed by atoms with Crippen LogP contribution >= 0.6 is 0 Å². The van der Waals surface area contributed by atoms with Gasteiger partial charge in [0.2, 0.25) is 5.91 Å². The van der Waals surface area contributed by atoms with E-state index in [0.717, 1.165) is 12.8 Å². The highest BCUT2D eigenvalue weighted by Gasteiger charge is 2.26. The molecular formula is C12H22N2O3. The molecular weight excluding hydrogens is 220 g/mol. The summed E-state index contributed by atoms with van der Waals surface area (Å²) in [6.45, 7) is 4.01. The summed E-state index contributed by atoms with van der Waals surface area (Å²) in [6, 6.07) is 0. The van der Waals surface area contributed by atoms with Crippen LogP contribution in [0.5, 0.6) is 0 Å². The van der Waals surface area contributed by atoms with Gasteiger partial charge in [0.05, 0.1) is 0 Å². The molecule has 1 saturated heterocycles. The first-order chi connectivity index (χ1) is 8.04. The van der Waals surface area contributed by atoms with Crippen molar-refractivity contribution in [2.45, 2.75) is 26.2 Å². The van der Waals surface area contributed by atoms with Crippen molar-refractivity contribution in [3.05, 3.63) is 0 Å². The number of piperidine rings is 1. The first-order valence-electron chi connectivity index (χ1n) is 6.19.